The second-order valence-corrected chi connectivity index (χ2v) is 5.51. The Hall–Kier alpha value is -0.820. The number of halogens is 1. The van der Waals surface area contributed by atoms with Gasteiger partial charge in [-0.25, -0.2) is 0 Å². The standard InChI is InChI=1S/C17H30N4.HI/c1-6-21(7-2)13-16-10-8-9-15(11-16)12-19-17(18-5)20-14(3)4;/h8-11,14H,6-7,12-13H2,1-5H3,(H2,18,19,20);1H. The fourth-order valence-electron chi connectivity index (χ4n) is 2.20. The second kappa shape index (κ2) is 11.7. The number of nitrogens with one attached hydrogen (secondary N) is 2. The lowest BCUT2D eigenvalue weighted by Gasteiger charge is -2.19. The third-order valence-corrected chi connectivity index (χ3v) is 3.40. The van der Waals surface area contributed by atoms with E-state index in [1.165, 1.54) is 11.1 Å². The molecule has 1 aromatic rings. The van der Waals surface area contributed by atoms with Crippen molar-refractivity contribution in [3.8, 4) is 0 Å². The van der Waals surface area contributed by atoms with Crippen LogP contribution in [-0.4, -0.2) is 37.0 Å². The molecule has 4 nitrogen and oxygen atoms in total. The third kappa shape index (κ3) is 7.98. The molecule has 0 unspecified atom stereocenters. The molecule has 0 amide bonds. The molecular formula is C17H31IN4. The van der Waals surface area contributed by atoms with Gasteiger partial charge in [-0.1, -0.05) is 38.1 Å². The van der Waals surface area contributed by atoms with Crippen LogP contribution in [0.3, 0.4) is 0 Å². The summed E-state index contributed by atoms with van der Waals surface area (Å²) in [6, 6.07) is 9.14. The number of rotatable bonds is 7. The molecule has 0 bridgehead atoms. The van der Waals surface area contributed by atoms with Crippen LogP contribution in [0.15, 0.2) is 29.3 Å². The molecule has 2 N–H and O–H groups in total. The third-order valence-electron chi connectivity index (χ3n) is 3.40. The quantitative estimate of drug-likeness (QED) is 0.406. The highest BCUT2D eigenvalue weighted by molar-refractivity contribution is 14.0. The fraction of sp³-hybridized carbons (Fsp3) is 0.588. The summed E-state index contributed by atoms with van der Waals surface area (Å²) in [5.41, 5.74) is 2.65. The zero-order chi connectivity index (χ0) is 15.7. The number of hydrogen-bond acceptors (Lipinski definition) is 2. The maximum absolute atomic E-state index is 4.23. The molecule has 0 saturated heterocycles. The van der Waals surface area contributed by atoms with E-state index in [-0.39, 0.29) is 24.0 Å². The zero-order valence-electron chi connectivity index (χ0n) is 14.5. The summed E-state index contributed by atoms with van der Waals surface area (Å²) in [5.74, 6) is 0.846. The lowest BCUT2D eigenvalue weighted by molar-refractivity contribution is 0.296. The van der Waals surface area contributed by atoms with E-state index in [0.717, 1.165) is 32.1 Å². The number of benzene rings is 1. The summed E-state index contributed by atoms with van der Waals surface area (Å²) < 4.78 is 0. The van der Waals surface area contributed by atoms with Gasteiger partial charge < -0.3 is 10.6 Å². The summed E-state index contributed by atoms with van der Waals surface area (Å²) in [7, 11) is 1.80. The van der Waals surface area contributed by atoms with E-state index in [1.807, 2.05) is 0 Å². The fourth-order valence-corrected chi connectivity index (χ4v) is 2.20. The lowest BCUT2D eigenvalue weighted by atomic mass is 10.1. The van der Waals surface area contributed by atoms with Crippen molar-refractivity contribution in [1.82, 2.24) is 15.5 Å². The van der Waals surface area contributed by atoms with Gasteiger partial charge in [-0.05, 0) is 38.1 Å². The topological polar surface area (TPSA) is 39.7 Å². The van der Waals surface area contributed by atoms with E-state index in [1.54, 1.807) is 7.05 Å². The van der Waals surface area contributed by atoms with Crippen molar-refractivity contribution in [2.24, 2.45) is 4.99 Å². The Balaban J connectivity index is 0.00000441. The molecule has 5 heteroatoms. The molecule has 0 atom stereocenters. The van der Waals surface area contributed by atoms with Gasteiger partial charge in [-0.3, -0.25) is 9.89 Å². The average molecular weight is 418 g/mol. The molecule has 0 aliphatic carbocycles. The van der Waals surface area contributed by atoms with E-state index in [9.17, 15) is 0 Å². The predicted molar refractivity (Wildman–Crippen MR) is 107 cm³/mol. The lowest BCUT2D eigenvalue weighted by Crippen LogP contribution is -2.40. The Morgan fingerprint density at radius 3 is 2.36 bits per heavy atom. The average Bonchev–Trinajstić information content (AvgIpc) is 2.49. The van der Waals surface area contributed by atoms with Crippen molar-refractivity contribution < 1.29 is 0 Å². The second-order valence-electron chi connectivity index (χ2n) is 5.51. The van der Waals surface area contributed by atoms with Crippen molar-refractivity contribution in [3.63, 3.8) is 0 Å². The molecule has 0 aromatic heterocycles. The first kappa shape index (κ1) is 21.2. The summed E-state index contributed by atoms with van der Waals surface area (Å²) in [6.45, 7) is 12.6. The molecule has 0 saturated carbocycles. The van der Waals surface area contributed by atoms with Crippen LogP contribution in [0.2, 0.25) is 0 Å². The van der Waals surface area contributed by atoms with Crippen molar-refractivity contribution >= 4 is 29.9 Å². The van der Waals surface area contributed by atoms with Crippen LogP contribution in [0.1, 0.15) is 38.8 Å². The Morgan fingerprint density at radius 2 is 1.82 bits per heavy atom. The van der Waals surface area contributed by atoms with Gasteiger partial charge >= 0.3 is 0 Å². The Morgan fingerprint density at radius 1 is 1.18 bits per heavy atom. The first-order chi connectivity index (χ1) is 10.1. The highest BCUT2D eigenvalue weighted by atomic mass is 127. The minimum atomic E-state index is 0. The van der Waals surface area contributed by atoms with Gasteiger partial charge in [0.15, 0.2) is 5.96 Å². The summed E-state index contributed by atoms with van der Waals surface area (Å²) in [6.07, 6.45) is 0. The minimum absolute atomic E-state index is 0. The van der Waals surface area contributed by atoms with Crippen LogP contribution in [0.25, 0.3) is 0 Å². The van der Waals surface area contributed by atoms with E-state index in [2.05, 4.69) is 72.5 Å². The van der Waals surface area contributed by atoms with Crippen molar-refractivity contribution in [2.75, 3.05) is 20.1 Å². The zero-order valence-corrected chi connectivity index (χ0v) is 16.8. The first-order valence-corrected chi connectivity index (χ1v) is 7.86. The molecule has 0 spiro atoms. The van der Waals surface area contributed by atoms with Gasteiger partial charge in [0.2, 0.25) is 0 Å². The molecule has 0 heterocycles. The Labute approximate surface area is 152 Å². The van der Waals surface area contributed by atoms with Gasteiger partial charge in [0.25, 0.3) is 0 Å². The van der Waals surface area contributed by atoms with Crippen molar-refractivity contribution in [2.45, 2.75) is 46.8 Å². The molecule has 0 radical (unpaired) electrons. The van der Waals surface area contributed by atoms with E-state index >= 15 is 0 Å². The summed E-state index contributed by atoms with van der Waals surface area (Å²) >= 11 is 0. The Kier molecular flexibility index (Phi) is 11.3. The van der Waals surface area contributed by atoms with Gasteiger partial charge in [0.1, 0.15) is 0 Å². The molecule has 22 heavy (non-hydrogen) atoms. The van der Waals surface area contributed by atoms with Crippen LogP contribution in [0.5, 0.6) is 0 Å². The van der Waals surface area contributed by atoms with Crippen molar-refractivity contribution in [3.05, 3.63) is 35.4 Å². The predicted octanol–water partition coefficient (Wildman–Crippen LogP) is 3.22. The van der Waals surface area contributed by atoms with E-state index < -0.39 is 0 Å². The number of aliphatic imine (C=N–C) groups is 1. The maximum atomic E-state index is 4.23. The molecular weight excluding hydrogens is 387 g/mol. The van der Waals surface area contributed by atoms with Crippen LogP contribution >= 0.6 is 24.0 Å². The van der Waals surface area contributed by atoms with Crippen LogP contribution in [0, 0.1) is 0 Å². The molecule has 1 rings (SSSR count). The van der Waals surface area contributed by atoms with Crippen LogP contribution < -0.4 is 10.6 Å². The number of hydrogen-bond donors (Lipinski definition) is 2. The normalized spacial score (nSPS) is 11.5. The maximum Gasteiger partial charge on any atom is 0.191 e. The molecule has 0 aliphatic heterocycles. The molecule has 0 aliphatic rings. The molecule has 126 valence electrons. The van der Waals surface area contributed by atoms with Gasteiger partial charge in [0, 0.05) is 26.2 Å². The number of guanidine groups is 1. The van der Waals surface area contributed by atoms with Gasteiger partial charge in [-0.2, -0.15) is 0 Å². The summed E-state index contributed by atoms with van der Waals surface area (Å²) in [4.78, 5) is 6.65. The van der Waals surface area contributed by atoms with Crippen LogP contribution in [-0.2, 0) is 13.1 Å². The SMILES string of the molecule is CCN(CC)Cc1cccc(CNC(=NC)NC(C)C)c1.I. The monoisotopic (exact) mass is 418 g/mol. The Bertz CT molecular complexity index is 442. The highest BCUT2D eigenvalue weighted by Crippen LogP contribution is 2.08. The van der Waals surface area contributed by atoms with Gasteiger partial charge in [0.05, 0.1) is 0 Å². The minimum Gasteiger partial charge on any atom is -0.354 e. The van der Waals surface area contributed by atoms with Gasteiger partial charge in [-0.15, -0.1) is 24.0 Å². The smallest absolute Gasteiger partial charge is 0.191 e. The molecule has 0 fully saturated rings. The first-order valence-electron chi connectivity index (χ1n) is 7.86. The number of nitrogens with zero attached hydrogens (tertiary/aromatic N) is 2. The molecule has 1 aromatic carbocycles. The van der Waals surface area contributed by atoms with Crippen LogP contribution in [0.4, 0.5) is 0 Å². The van der Waals surface area contributed by atoms with Crippen molar-refractivity contribution in [1.29, 1.82) is 0 Å². The van der Waals surface area contributed by atoms with E-state index in [4.69, 9.17) is 0 Å². The summed E-state index contributed by atoms with van der Waals surface area (Å²) in [5, 5.41) is 6.65. The highest BCUT2D eigenvalue weighted by Gasteiger charge is 2.03. The largest absolute Gasteiger partial charge is 0.354 e. The van der Waals surface area contributed by atoms with E-state index in [0.29, 0.717) is 6.04 Å².